The number of nitriles is 1. The predicted octanol–water partition coefficient (Wildman–Crippen LogP) is 5.31. The molecule has 21 heavy (non-hydrogen) atoms. The van der Waals surface area contributed by atoms with Crippen molar-refractivity contribution in [2.45, 2.75) is 26.2 Å². The van der Waals surface area contributed by atoms with Gasteiger partial charge in [0.2, 0.25) is 0 Å². The molecule has 0 radical (unpaired) electrons. The number of benzene rings is 2. The number of ether oxygens (including phenoxy) is 1. The quantitative estimate of drug-likeness (QED) is 0.529. The molecular weight excluding hydrogens is 258 g/mol. The highest BCUT2D eigenvalue weighted by molar-refractivity contribution is 5.64. The minimum absolute atomic E-state index is 0.677. The van der Waals surface area contributed by atoms with E-state index in [2.05, 4.69) is 19.1 Å². The number of rotatable bonds is 6. The van der Waals surface area contributed by atoms with Crippen LogP contribution in [0.25, 0.3) is 11.1 Å². The summed E-state index contributed by atoms with van der Waals surface area (Å²) in [5.74, 6) is 0.833. The Morgan fingerprint density at radius 3 is 2.19 bits per heavy atom. The molecule has 2 aromatic rings. The van der Waals surface area contributed by atoms with Crippen LogP contribution in [-0.4, -0.2) is 0 Å². The van der Waals surface area contributed by atoms with Crippen molar-refractivity contribution in [3.63, 3.8) is 0 Å². The van der Waals surface area contributed by atoms with Crippen molar-refractivity contribution in [2.75, 3.05) is 0 Å². The Balaban J connectivity index is 1.98. The van der Waals surface area contributed by atoms with Crippen LogP contribution in [0, 0.1) is 11.3 Å². The van der Waals surface area contributed by atoms with Crippen LogP contribution in [0.5, 0.6) is 5.75 Å². The Morgan fingerprint density at radius 1 is 1.00 bits per heavy atom. The molecule has 0 amide bonds. The summed E-state index contributed by atoms with van der Waals surface area (Å²) in [4.78, 5) is 0. The Hall–Kier alpha value is -2.53. The van der Waals surface area contributed by atoms with Crippen LogP contribution in [0.1, 0.15) is 31.7 Å². The van der Waals surface area contributed by atoms with Gasteiger partial charge in [-0.1, -0.05) is 37.6 Å². The molecule has 2 rings (SSSR count). The van der Waals surface area contributed by atoms with Crippen molar-refractivity contribution in [3.8, 4) is 22.9 Å². The smallest absolute Gasteiger partial charge is 0.126 e. The van der Waals surface area contributed by atoms with E-state index in [1.807, 2.05) is 48.5 Å². The molecule has 0 aliphatic rings. The van der Waals surface area contributed by atoms with Crippen molar-refractivity contribution in [1.29, 1.82) is 5.26 Å². The van der Waals surface area contributed by atoms with Gasteiger partial charge in [0.15, 0.2) is 0 Å². The Labute approximate surface area is 126 Å². The van der Waals surface area contributed by atoms with Gasteiger partial charge in [0.05, 0.1) is 17.9 Å². The van der Waals surface area contributed by atoms with Gasteiger partial charge in [-0.3, -0.25) is 0 Å². The first-order valence-corrected chi connectivity index (χ1v) is 7.25. The van der Waals surface area contributed by atoms with E-state index in [4.69, 9.17) is 10.00 Å². The third kappa shape index (κ3) is 4.50. The first-order chi connectivity index (χ1) is 10.3. The number of hydrogen-bond acceptors (Lipinski definition) is 2. The lowest BCUT2D eigenvalue weighted by molar-refractivity contribution is 0.478. The maximum atomic E-state index is 8.80. The molecular formula is C19H19NO. The zero-order valence-corrected chi connectivity index (χ0v) is 12.3. The van der Waals surface area contributed by atoms with Gasteiger partial charge in [-0.05, 0) is 54.3 Å². The number of allylic oxidation sites excluding steroid dienone is 1. The summed E-state index contributed by atoms with van der Waals surface area (Å²) >= 11 is 0. The minimum atomic E-state index is 0.677. The molecule has 0 aromatic heterocycles. The Kier molecular flexibility index (Phi) is 5.60. The maximum absolute atomic E-state index is 8.80. The van der Waals surface area contributed by atoms with E-state index in [0.717, 1.165) is 23.3 Å². The third-order valence-corrected chi connectivity index (χ3v) is 3.23. The molecule has 0 aliphatic carbocycles. The molecule has 2 aromatic carbocycles. The molecule has 0 heterocycles. The molecule has 106 valence electrons. The van der Waals surface area contributed by atoms with Gasteiger partial charge < -0.3 is 4.74 Å². The predicted molar refractivity (Wildman–Crippen MR) is 85.9 cm³/mol. The second kappa shape index (κ2) is 7.91. The summed E-state index contributed by atoms with van der Waals surface area (Å²) in [7, 11) is 0. The zero-order chi connectivity index (χ0) is 14.9. The molecule has 2 nitrogen and oxygen atoms in total. The van der Waals surface area contributed by atoms with Crippen LogP contribution in [0.4, 0.5) is 0 Å². The summed E-state index contributed by atoms with van der Waals surface area (Å²) in [6, 6.07) is 17.7. The van der Waals surface area contributed by atoms with Gasteiger partial charge in [-0.25, -0.2) is 0 Å². The van der Waals surface area contributed by atoms with E-state index >= 15 is 0 Å². The normalized spacial score (nSPS) is 10.5. The van der Waals surface area contributed by atoms with Crippen LogP contribution < -0.4 is 4.74 Å². The lowest BCUT2D eigenvalue weighted by atomic mass is 10.0. The lowest BCUT2D eigenvalue weighted by Crippen LogP contribution is -1.83. The summed E-state index contributed by atoms with van der Waals surface area (Å²) in [6.45, 7) is 2.18. The standard InChI is InChI=1S/C19H19NO/c1-2-3-4-5-14-21-19-12-10-18(11-13-19)17-8-6-16(15-20)7-9-17/h5-14H,2-4H2,1H3. The van der Waals surface area contributed by atoms with Crippen molar-refractivity contribution in [1.82, 2.24) is 0 Å². The first kappa shape index (κ1) is 14.9. The summed E-state index contributed by atoms with van der Waals surface area (Å²) in [6.07, 6.45) is 7.26. The van der Waals surface area contributed by atoms with Gasteiger partial charge in [0, 0.05) is 0 Å². The third-order valence-electron chi connectivity index (χ3n) is 3.23. The van der Waals surface area contributed by atoms with Gasteiger partial charge in [0.25, 0.3) is 0 Å². The van der Waals surface area contributed by atoms with E-state index in [1.54, 1.807) is 6.26 Å². The maximum Gasteiger partial charge on any atom is 0.126 e. The number of unbranched alkanes of at least 4 members (excludes halogenated alkanes) is 2. The monoisotopic (exact) mass is 277 g/mol. The Bertz CT molecular complexity index is 618. The van der Waals surface area contributed by atoms with E-state index in [9.17, 15) is 0 Å². The first-order valence-electron chi connectivity index (χ1n) is 7.25. The van der Waals surface area contributed by atoms with Crippen molar-refractivity contribution < 1.29 is 4.74 Å². The largest absolute Gasteiger partial charge is 0.465 e. The summed E-state index contributed by atoms with van der Waals surface area (Å²) < 4.78 is 5.56. The number of nitrogens with zero attached hydrogens (tertiary/aromatic N) is 1. The zero-order valence-electron chi connectivity index (χ0n) is 12.3. The van der Waals surface area contributed by atoms with Crippen molar-refractivity contribution in [3.05, 3.63) is 66.4 Å². The van der Waals surface area contributed by atoms with Gasteiger partial charge in [0.1, 0.15) is 5.75 Å². The van der Waals surface area contributed by atoms with Crippen LogP contribution >= 0.6 is 0 Å². The van der Waals surface area contributed by atoms with Crippen molar-refractivity contribution in [2.24, 2.45) is 0 Å². The highest BCUT2D eigenvalue weighted by Gasteiger charge is 1.98. The second-order valence-electron chi connectivity index (χ2n) is 4.85. The molecule has 2 heteroatoms. The van der Waals surface area contributed by atoms with E-state index in [-0.39, 0.29) is 0 Å². The van der Waals surface area contributed by atoms with Gasteiger partial charge in [-0.2, -0.15) is 5.26 Å². The van der Waals surface area contributed by atoms with E-state index in [1.165, 1.54) is 12.8 Å². The molecule has 0 unspecified atom stereocenters. The van der Waals surface area contributed by atoms with Gasteiger partial charge >= 0.3 is 0 Å². The molecule has 0 N–H and O–H groups in total. The molecule has 0 spiro atoms. The fourth-order valence-corrected chi connectivity index (χ4v) is 1.98. The van der Waals surface area contributed by atoms with Crippen LogP contribution in [0.2, 0.25) is 0 Å². The average molecular weight is 277 g/mol. The SMILES string of the molecule is CCCCC=COc1ccc(-c2ccc(C#N)cc2)cc1. The molecule has 0 saturated carbocycles. The van der Waals surface area contributed by atoms with Crippen molar-refractivity contribution >= 4 is 0 Å². The topological polar surface area (TPSA) is 33.0 Å². The fourth-order valence-electron chi connectivity index (χ4n) is 1.98. The molecule has 0 saturated heterocycles. The van der Waals surface area contributed by atoms with E-state index < -0.39 is 0 Å². The molecule has 0 aliphatic heterocycles. The summed E-state index contributed by atoms with van der Waals surface area (Å²) in [5, 5.41) is 8.80. The summed E-state index contributed by atoms with van der Waals surface area (Å²) in [5.41, 5.74) is 2.89. The fraction of sp³-hybridized carbons (Fsp3) is 0.211. The lowest BCUT2D eigenvalue weighted by Gasteiger charge is -2.04. The van der Waals surface area contributed by atoms with E-state index in [0.29, 0.717) is 5.56 Å². The van der Waals surface area contributed by atoms with Gasteiger partial charge in [-0.15, -0.1) is 0 Å². The van der Waals surface area contributed by atoms with Crippen LogP contribution in [-0.2, 0) is 0 Å². The second-order valence-corrected chi connectivity index (χ2v) is 4.85. The highest BCUT2D eigenvalue weighted by Crippen LogP contribution is 2.22. The average Bonchev–Trinajstić information content (AvgIpc) is 2.55. The molecule has 0 fully saturated rings. The molecule has 0 bridgehead atoms. The molecule has 0 atom stereocenters. The van der Waals surface area contributed by atoms with Crippen LogP contribution in [0.15, 0.2) is 60.9 Å². The highest BCUT2D eigenvalue weighted by atomic mass is 16.5. The minimum Gasteiger partial charge on any atom is -0.465 e. The van der Waals surface area contributed by atoms with Crippen LogP contribution in [0.3, 0.4) is 0 Å². The number of hydrogen-bond donors (Lipinski definition) is 0. The Morgan fingerprint density at radius 2 is 1.62 bits per heavy atom.